The van der Waals surface area contributed by atoms with Crippen molar-refractivity contribution in [3.8, 4) is 0 Å². The SMILES string of the molecule is O=C1CCc2c1c(C1CC1c1ccccc1)nn2CCO. The van der Waals surface area contributed by atoms with Gasteiger partial charge in [-0.3, -0.25) is 9.48 Å². The van der Waals surface area contributed by atoms with Gasteiger partial charge in [-0.15, -0.1) is 0 Å². The Balaban J connectivity index is 1.68. The Kier molecular flexibility index (Phi) is 2.93. The third-order valence-electron chi connectivity index (χ3n) is 4.63. The zero-order valence-corrected chi connectivity index (χ0v) is 11.8. The number of ketones is 1. The highest BCUT2D eigenvalue weighted by Gasteiger charge is 2.45. The molecule has 4 nitrogen and oxygen atoms in total. The van der Waals surface area contributed by atoms with Crippen LogP contribution in [0.3, 0.4) is 0 Å². The number of carbonyl (C=O) groups excluding carboxylic acids is 1. The Morgan fingerprint density at radius 3 is 2.76 bits per heavy atom. The van der Waals surface area contributed by atoms with E-state index in [4.69, 9.17) is 5.11 Å². The number of nitrogens with zero attached hydrogens (tertiary/aromatic N) is 2. The fraction of sp³-hybridized carbons (Fsp3) is 0.412. The molecule has 0 radical (unpaired) electrons. The third-order valence-corrected chi connectivity index (χ3v) is 4.63. The Morgan fingerprint density at radius 2 is 2.00 bits per heavy atom. The van der Waals surface area contributed by atoms with E-state index in [1.165, 1.54) is 5.56 Å². The van der Waals surface area contributed by atoms with Gasteiger partial charge >= 0.3 is 0 Å². The molecule has 0 bridgehead atoms. The molecule has 1 N–H and O–H groups in total. The summed E-state index contributed by atoms with van der Waals surface area (Å²) in [6.45, 7) is 0.548. The molecule has 2 aromatic rings. The minimum atomic E-state index is 0.0640. The number of fused-ring (bicyclic) bond motifs is 1. The van der Waals surface area contributed by atoms with Crippen LogP contribution in [0.1, 0.15) is 52.0 Å². The number of Topliss-reactive ketones (excluding diaryl/α,β-unsaturated/α-hetero) is 1. The maximum Gasteiger partial charge on any atom is 0.167 e. The van der Waals surface area contributed by atoms with E-state index in [0.29, 0.717) is 24.8 Å². The van der Waals surface area contributed by atoms with Gasteiger partial charge < -0.3 is 5.11 Å². The molecule has 1 aromatic carbocycles. The smallest absolute Gasteiger partial charge is 0.167 e. The predicted octanol–water partition coefficient (Wildman–Crippen LogP) is 2.28. The van der Waals surface area contributed by atoms with Crippen LogP contribution in [0.5, 0.6) is 0 Å². The molecule has 2 unspecified atom stereocenters. The molecule has 2 aliphatic rings. The number of hydrogen-bond donors (Lipinski definition) is 1. The summed E-state index contributed by atoms with van der Waals surface area (Å²) in [5, 5.41) is 13.8. The first kappa shape index (κ1) is 12.8. The molecule has 1 heterocycles. The topological polar surface area (TPSA) is 55.1 Å². The summed E-state index contributed by atoms with van der Waals surface area (Å²) in [6, 6.07) is 10.4. The van der Waals surface area contributed by atoms with E-state index >= 15 is 0 Å². The van der Waals surface area contributed by atoms with Gasteiger partial charge in [0.2, 0.25) is 0 Å². The summed E-state index contributed by atoms with van der Waals surface area (Å²) >= 11 is 0. The average Bonchev–Trinajstić information content (AvgIpc) is 3.10. The van der Waals surface area contributed by atoms with E-state index < -0.39 is 0 Å². The lowest BCUT2D eigenvalue weighted by Gasteiger charge is -2.02. The lowest BCUT2D eigenvalue weighted by atomic mass is 10.0. The van der Waals surface area contributed by atoms with Crippen molar-refractivity contribution in [1.29, 1.82) is 0 Å². The monoisotopic (exact) mass is 282 g/mol. The molecule has 0 amide bonds. The van der Waals surface area contributed by atoms with Gasteiger partial charge in [0.05, 0.1) is 30.1 Å². The van der Waals surface area contributed by atoms with Crippen molar-refractivity contribution >= 4 is 5.78 Å². The number of rotatable bonds is 4. The van der Waals surface area contributed by atoms with Crippen LogP contribution in [-0.2, 0) is 13.0 Å². The lowest BCUT2D eigenvalue weighted by molar-refractivity contribution is 0.0993. The molecule has 1 saturated carbocycles. The van der Waals surface area contributed by atoms with E-state index in [-0.39, 0.29) is 12.4 Å². The molecule has 1 fully saturated rings. The predicted molar refractivity (Wildman–Crippen MR) is 78.5 cm³/mol. The summed E-state index contributed by atoms with van der Waals surface area (Å²) < 4.78 is 1.84. The van der Waals surface area contributed by atoms with Crippen LogP contribution in [0.4, 0.5) is 0 Å². The van der Waals surface area contributed by atoms with Crippen LogP contribution in [-0.4, -0.2) is 27.3 Å². The normalized spacial score (nSPS) is 23.4. The van der Waals surface area contributed by atoms with Gasteiger partial charge in [0.25, 0.3) is 0 Å². The van der Waals surface area contributed by atoms with Crippen molar-refractivity contribution in [2.24, 2.45) is 0 Å². The van der Waals surface area contributed by atoms with Gasteiger partial charge in [-0.25, -0.2) is 0 Å². The highest BCUT2D eigenvalue weighted by molar-refractivity contribution is 6.01. The molecule has 108 valence electrons. The summed E-state index contributed by atoms with van der Waals surface area (Å²) in [7, 11) is 0. The second kappa shape index (κ2) is 4.81. The molecule has 2 atom stereocenters. The van der Waals surface area contributed by atoms with Crippen molar-refractivity contribution in [2.75, 3.05) is 6.61 Å². The van der Waals surface area contributed by atoms with Crippen molar-refractivity contribution in [2.45, 2.75) is 37.6 Å². The first-order valence-corrected chi connectivity index (χ1v) is 7.58. The number of aromatic nitrogens is 2. The van der Waals surface area contributed by atoms with Gasteiger partial charge in [-0.05, 0) is 24.3 Å². The van der Waals surface area contributed by atoms with Crippen LogP contribution >= 0.6 is 0 Å². The van der Waals surface area contributed by atoms with Crippen LogP contribution in [0.15, 0.2) is 30.3 Å². The number of aliphatic hydroxyl groups excluding tert-OH is 1. The second-order valence-corrected chi connectivity index (χ2v) is 5.94. The van der Waals surface area contributed by atoms with Gasteiger partial charge in [0, 0.05) is 12.3 Å². The Labute approximate surface area is 123 Å². The molecule has 21 heavy (non-hydrogen) atoms. The number of carbonyl (C=O) groups is 1. The first-order valence-electron chi connectivity index (χ1n) is 7.58. The molecule has 0 spiro atoms. The Morgan fingerprint density at radius 1 is 1.19 bits per heavy atom. The molecule has 4 rings (SSSR count). The Bertz CT molecular complexity index is 690. The molecule has 1 aromatic heterocycles. The summed E-state index contributed by atoms with van der Waals surface area (Å²) in [4.78, 5) is 12.2. The van der Waals surface area contributed by atoms with E-state index in [1.807, 2.05) is 10.7 Å². The van der Waals surface area contributed by atoms with Crippen LogP contribution in [0.25, 0.3) is 0 Å². The fourth-order valence-corrected chi connectivity index (χ4v) is 3.54. The average molecular weight is 282 g/mol. The molecular weight excluding hydrogens is 264 g/mol. The summed E-state index contributed by atoms with van der Waals surface area (Å²) in [5.41, 5.74) is 4.18. The van der Waals surface area contributed by atoms with E-state index in [9.17, 15) is 4.79 Å². The highest BCUT2D eigenvalue weighted by atomic mass is 16.3. The standard InChI is InChI=1S/C17H18N2O2/c20-9-8-19-14-6-7-15(21)16(14)17(18-19)13-10-12(13)11-4-2-1-3-5-11/h1-5,12-13,20H,6-10H2. The van der Waals surface area contributed by atoms with E-state index in [0.717, 1.165) is 29.8 Å². The molecule has 0 saturated heterocycles. The van der Waals surface area contributed by atoms with Crippen molar-refractivity contribution in [1.82, 2.24) is 9.78 Å². The number of aliphatic hydroxyl groups is 1. The zero-order valence-electron chi connectivity index (χ0n) is 11.8. The van der Waals surface area contributed by atoms with Crippen molar-refractivity contribution in [3.05, 3.63) is 52.8 Å². The minimum Gasteiger partial charge on any atom is -0.394 e. The van der Waals surface area contributed by atoms with Crippen molar-refractivity contribution in [3.63, 3.8) is 0 Å². The lowest BCUT2D eigenvalue weighted by Crippen LogP contribution is -2.07. The maximum atomic E-state index is 12.2. The fourth-order valence-electron chi connectivity index (χ4n) is 3.54. The van der Waals surface area contributed by atoms with Crippen molar-refractivity contribution < 1.29 is 9.90 Å². The minimum absolute atomic E-state index is 0.0640. The third kappa shape index (κ3) is 2.02. The summed E-state index contributed by atoms with van der Waals surface area (Å²) in [6.07, 6.45) is 2.43. The van der Waals surface area contributed by atoms with E-state index in [1.54, 1.807) is 0 Å². The summed E-state index contributed by atoms with van der Waals surface area (Å²) in [5.74, 6) is 1.08. The molecule has 0 aliphatic heterocycles. The molecule has 4 heteroatoms. The van der Waals surface area contributed by atoms with Gasteiger partial charge in [0.15, 0.2) is 5.78 Å². The number of hydrogen-bond acceptors (Lipinski definition) is 3. The largest absolute Gasteiger partial charge is 0.394 e. The van der Waals surface area contributed by atoms with Gasteiger partial charge in [-0.2, -0.15) is 5.10 Å². The number of benzene rings is 1. The van der Waals surface area contributed by atoms with E-state index in [2.05, 4.69) is 29.4 Å². The van der Waals surface area contributed by atoms with Crippen LogP contribution < -0.4 is 0 Å². The molecule has 2 aliphatic carbocycles. The van der Waals surface area contributed by atoms with Crippen LogP contribution in [0, 0.1) is 0 Å². The van der Waals surface area contributed by atoms with Gasteiger partial charge in [-0.1, -0.05) is 30.3 Å². The second-order valence-electron chi connectivity index (χ2n) is 5.94. The van der Waals surface area contributed by atoms with Gasteiger partial charge in [0.1, 0.15) is 0 Å². The maximum absolute atomic E-state index is 12.2. The zero-order chi connectivity index (χ0) is 14.4. The first-order chi connectivity index (χ1) is 10.3. The highest BCUT2D eigenvalue weighted by Crippen LogP contribution is 2.55. The molecular formula is C17H18N2O2. The quantitative estimate of drug-likeness (QED) is 0.936. The van der Waals surface area contributed by atoms with Crippen LogP contribution in [0.2, 0.25) is 0 Å². The Hall–Kier alpha value is -1.94.